The lowest BCUT2D eigenvalue weighted by Crippen LogP contribution is -2.37. The maximum Gasteiger partial charge on any atom is 0.323 e. The summed E-state index contributed by atoms with van der Waals surface area (Å²) in [6.07, 6.45) is 0.903. The molecular weight excluding hydrogens is 178 g/mol. The van der Waals surface area contributed by atoms with Gasteiger partial charge in [0.1, 0.15) is 6.04 Å². The highest BCUT2D eigenvalue weighted by atomic mass is 35.5. The number of esters is 1. The van der Waals surface area contributed by atoms with Crippen LogP contribution in [0.2, 0.25) is 0 Å². The first-order valence-electron chi connectivity index (χ1n) is 4.05. The van der Waals surface area contributed by atoms with E-state index in [9.17, 15) is 4.79 Å². The van der Waals surface area contributed by atoms with Crippen molar-refractivity contribution in [3.63, 3.8) is 0 Å². The monoisotopic (exact) mass is 195 g/mol. The van der Waals surface area contributed by atoms with E-state index >= 15 is 0 Å². The molecule has 74 valence electrons. The normalized spacial score (nSPS) is 14.3. The third kappa shape index (κ3) is 4.57. The highest BCUT2D eigenvalue weighted by Gasteiger charge is 2.19. The van der Waals surface area contributed by atoms with Gasteiger partial charge in [-0.1, -0.05) is 20.3 Å². The lowest BCUT2D eigenvalue weighted by molar-refractivity contribution is -0.145. The van der Waals surface area contributed by atoms with Gasteiger partial charge in [-0.15, -0.1) is 12.4 Å². The molecule has 0 aromatic heterocycles. The number of carbonyl (C=O) groups excluding carboxylic acids is 1. The first-order chi connectivity index (χ1) is 5.13. The van der Waals surface area contributed by atoms with E-state index in [2.05, 4.69) is 0 Å². The molecule has 0 aromatic carbocycles. The van der Waals surface area contributed by atoms with Crippen LogP contribution in [-0.4, -0.2) is 18.6 Å². The van der Waals surface area contributed by atoms with Crippen LogP contribution in [-0.2, 0) is 9.53 Å². The fourth-order valence-electron chi connectivity index (χ4n) is 0.725. The average Bonchev–Trinajstić information content (AvgIpc) is 2.02. The second-order valence-corrected chi connectivity index (χ2v) is 2.66. The van der Waals surface area contributed by atoms with Crippen molar-refractivity contribution >= 4 is 18.4 Å². The van der Waals surface area contributed by atoms with Gasteiger partial charge in [0.15, 0.2) is 0 Å². The van der Waals surface area contributed by atoms with Gasteiger partial charge in [0.2, 0.25) is 0 Å². The van der Waals surface area contributed by atoms with Crippen LogP contribution in [0.5, 0.6) is 0 Å². The zero-order chi connectivity index (χ0) is 8.85. The predicted molar refractivity (Wildman–Crippen MR) is 51.3 cm³/mol. The smallest absolute Gasteiger partial charge is 0.323 e. The molecule has 0 spiro atoms. The minimum Gasteiger partial charge on any atom is -0.465 e. The van der Waals surface area contributed by atoms with Crippen LogP contribution in [0.15, 0.2) is 0 Å². The molecule has 1 unspecified atom stereocenters. The first-order valence-corrected chi connectivity index (χ1v) is 4.05. The Balaban J connectivity index is 0. The van der Waals surface area contributed by atoms with Gasteiger partial charge < -0.3 is 10.5 Å². The van der Waals surface area contributed by atoms with Crippen molar-refractivity contribution < 1.29 is 9.53 Å². The number of hydrogen-bond acceptors (Lipinski definition) is 3. The number of nitrogens with two attached hydrogens (primary N) is 1. The van der Waals surface area contributed by atoms with E-state index in [4.69, 9.17) is 10.5 Å². The minimum atomic E-state index is -0.458. The van der Waals surface area contributed by atoms with Crippen LogP contribution in [0.1, 0.15) is 27.2 Å². The molecule has 0 aliphatic carbocycles. The van der Waals surface area contributed by atoms with Gasteiger partial charge in [-0.2, -0.15) is 0 Å². The minimum absolute atomic E-state index is 0. The Morgan fingerprint density at radius 2 is 2.00 bits per heavy atom. The van der Waals surface area contributed by atoms with Gasteiger partial charge in [0.25, 0.3) is 0 Å². The summed E-state index contributed by atoms with van der Waals surface area (Å²) in [7, 11) is 0. The zero-order valence-corrected chi connectivity index (χ0v) is 8.69. The summed E-state index contributed by atoms with van der Waals surface area (Å²) >= 11 is 0. The molecule has 0 aliphatic heterocycles. The Morgan fingerprint density at radius 1 is 1.50 bits per heavy atom. The standard InChI is InChI=1S/C8H17NO2.ClH/c1-4-6(3)7(9)8(10)11-5-2;/h6-7H,4-5,9H2,1-3H3;1H/t6-,7?;/m1./s1. The average molecular weight is 196 g/mol. The zero-order valence-electron chi connectivity index (χ0n) is 7.87. The van der Waals surface area contributed by atoms with Gasteiger partial charge in [0.05, 0.1) is 6.61 Å². The summed E-state index contributed by atoms with van der Waals surface area (Å²) < 4.78 is 4.76. The molecule has 0 amide bonds. The fourth-order valence-corrected chi connectivity index (χ4v) is 0.725. The predicted octanol–water partition coefficient (Wildman–Crippen LogP) is 1.34. The van der Waals surface area contributed by atoms with Crippen LogP contribution >= 0.6 is 12.4 Å². The highest BCUT2D eigenvalue weighted by Crippen LogP contribution is 2.06. The van der Waals surface area contributed by atoms with Crippen LogP contribution < -0.4 is 5.73 Å². The topological polar surface area (TPSA) is 52.3 Å². The summed E-state index contributed by atoms with van der Waals surface area (Å²) in [5, 5.41) is 0. The molecule has 0 aliphatic rings. The lowest BCUT2D eigenvalue weighted by Gasteiger charge is -2.15. The maximum atomic E-state index is 11.0. The van der Waals surface area contributed by atoms with Crippen molar-refractivity contribution in [3.8, 4) is 0 Å². The summed E-state index contributed by atoms with van der Waals surface area (Å²) in [5.41, 5.74) is 5.58. The van der Waals surface area contributed by atoms with Crippen LogP contribution in [0.4, 0.5) is 0 Å². The van der Waals surface area contributed by atoms with E-state index in [1.807, 2.05) is 13.8 Å². The number of rotatable bonds is 4. The fraction of sp³-hybridized carbons (Fsp3) is 0.875. The number of halogens is 1. The highest BCUT2D eigenvalue weighted by molar-refractivity contribution is 5.85. The number of hydrogen-bond donors (Lipinski definition) is 1. The van der Waals surface area contributed by atoms with Crippen molar-refractivity contribution in [2.75, 3.05) is 6.61 Å². The SMILES string of the molecule is CCOC(=O)C(N)[C@H](C)CC.Cl. The van der Waals surface area contributed by atoms with Gasteiger partial charge >= 0.3 is 5.97 Å². The van der Waals surface area contributed by atoms with Crippen LogP contribution in [0.3, 0.4) is 0 Å². The molecule has 0 fully saturated rings. The summed E-state index contributed by atoms with van der Waals surface area (Å²) in [5.74, 6) is -0.0871. The third-order valence-electron chi connectivity index (χ3n) is 1.82. The summed E-state index contributed by atoms with van der Waals surface area (Å²) in [4.78, 5) is 11.0. The quantitative estimate of drug-likeness (QED) is 0.689. The molecule has 2 atom stereocenters. The van der Waals surface area contributed by atoms with E-state index in [-0.39, 0.29) is 24.3 Å². The number of ether oxygens (including phenoxy) is 1. The van der Waals surface area contributed by atoms with Gasteiger partial charge in [-0.05, 0) is 12.8 Å². The Bertz CT molecular complexity index is 130. The maximum absolute atomic E-state index is 11.0. The Kier molecular flexibility index (Phi) is 8.76. The second-order valence-electron chi connectivity index (χ2n) is 2.66. The van der Waals surface area contributed by atoms with Gasteiger partial charge in [-0.25, -0.2) is 0 Å². The molecule has 0 saturated heterocycles. The van der Waals surface area contributed by atoms with E-state index < -0.39 is 6.04 Å². The Morgan fingerprint density at radius 3 is 2.33 bits per heavy atom. The largest absolute Gasteiger partial charge is 0.465 e. The summed E-state index contributed by atoms with van der Waals surface area (Å²) in [6.45, 7) is 6.13. The van der Waals surface area contributed by atoms with Gasteiger partial charge in [-0.3, -0.25) is 4.79 Å². The first kappa shape index (κ1) is 14.3. The van der Waals surface area contributed by atoms with E-state index in [0.717, 1.165) is 6.42 Å². The van der Waals surface area contributed by atoms with Crippen LogP contribution in [0, 0.1) is 5.92 Å². The van der Waals surface area contributed by atoms with E-state index in [0.29, 0.717) is 6.61 Å². The molecule has 0 saturated carbocycles. The lowest BCUT2D eigenvalue weighted by atomic mass is 10.0. The van der Waals surface area contributed by atoms with Crippen molar-refractivity contribution in [1.29, 1.82) is 0 Å². The second kappa shape index (κ2) is 7.37. The third-order valence-corrected chi connectivity index (χ3v) is 1.82. The molecule has 0 aromatic rings. The van der Waals surface area contributed by atoms with Crippen molar-refractivity contribution in [2.24, 2.45) is 11.7 Å². The van der Waals surface area contributed by atoms with E-state index in [1.165, 1.54) is 0 Å². The summed E-state index contributed by atoms with van der Waals surface area (Å²) in [6, 6.07) is -0.458. The molecular formula is C8H18ClNO2. The molecule has 0 radical (unpaired) electrons. The Labute approximate surface area is 80.1 Å². The van der Waals surface area contributed by atoms with Crippen molar-refractivity contribution in [3.05, 3.63) is 0 Å². The van der Waals surface area contributed by atoms with Gasteiger partial charge in [0, 0.05) is 0 Å². The molecule has 3 nitrogen and oxygen atoms in total. The van der Waals surface area contributed by atoms with Crippen molar-refractivity contribution in [2.45, 2.75) is 33.2 Å². The van der Waals surface area contributed by atoms with E-state index in [1.54, 1.807) is 6.92 Å². The molecule has 0 heterocycles. The Hall–Kier alpha value is -0.280. The molecule has 0 bridgehead atoms. The molecule has 0 rings (SSSR count). The molecule has 12 heavy (non-hydrogen) atoms. The van der Waals surface area contributed by atoms with Crippen molar-refractivity contribution in [1.82, 2.24) is 0 Å². The van der Waals surface area contributed by atoms with Crippen LogP contribution in [0.25, 0.3) is 0 Å². The number of carbonyl (C=O) groups is 1. The molecule has 4 heteroatoms. The molecule has 2 N–H and O–H groups in total.